The zero-order valence-electron chi connectivity index (χ0n) is 12.1. The number of fused-ring (bicyclic) bond motifs is 1. The number of hydrogen-bond donors (Lipinski definition) is 1. The van der Waals surface area contributed by atoms with Gasteiger partial charge in [-0.05, 0) is 38.1 Å². The molecule has 2 heterocycles. The lowest BCUT2D eigenvalue weighted by molar-refractivity contribution is -0.123. The van der Waals surface area contributed by atoms with E-state index in [1.807, 2.05) is 23.1 Å². The van der Waals surface area contributed by atoms with Gasteiger partial charge in [0.15, 0.2) is 0 Å². The van der Waals surface area contributed by atoms with Crippen LogP contribution in [0, 0.1) is 5.92 Å². The number of halogens is 1. The van der Waals surface area contributed by atoms with Crippen molar-refractivity contribution in [2.75, 3.05) is 24.5 Å². The number of carbonyl (C=O) groups excluding carboxylic acids is 1. The summed E-state index contributed by atoms with van der Waals surface area (Å²) in [5.41, 5.74) is 2.05. The van der Waals surface area contributed by atoms with E-state index in [4.69, 9.17) is 11.6 Å². The molecule has 0 bridgehead atoms. The smallest absolute Gasteiger partial charge is 0.230 e. The Morgan fingerprint density at radius 3 is 2.75 bits per heavy atom. The Bertz CT molecular complexity index is 535. The highest BCUT2D eigenvalue weighted by atomic mass is 35.5. The number of carbonyl (C=O) groups is 1. The zero-order valence-corrected chi connectivity index (χ0v) is 12.8. The molecule has 1 N–H and O–H groups in total. The standard InChI is InChI=1S/C16H21ClN2O/c1-16(2)10-19(13-5-3-4-12(17)14(13)16)15(20)11-6-8-18-9-7-11/h3-5,11,18H,6-10H2,1-2H3. The molecule has 108 valence electrons. The second-order valence-corrected chi connectivity index (χ2v) is 6.87. The van der Waals surface area contributed by atoms with E-state index in [9.17, 15) is 4.79 Å². The number of piperidine rings is 1. The first-order valence-electron chi connectivity index (χ1n) is 7.32. The van der Waals surface area contributed by atoms with Gasteiger partial charge < -0.3 is 10.2 Å². The van der Waals surface area contributed by atoms with Crippen molar-refractivity contribution in [3.8, 4) is 0 Å². The lowest BCUT2D eigenvalue weighted by atomic mass is 9.87. The maximum absolute atomic E-state index is 12.8. The van der Waals surface area contributed by atoms with Crippen molar-refractivity contribution in [2.24, 2.45) is 5.92 Å². The maximum Gasteiger partial charge on any atom is 0.230 e. The molecular formula is C16H21ClN2O. The number of nitrogens with zero attached hydrogens (tertiary/aromatic N) is 1. The fourth-order valence-corrected chi connectivity index (χ4v) is 3.88. The van der Waals surface area contributed by atoms with Crippen LogP contribution in [-0.4, -0.2) is 25.5 Å². The molecule has 2 aliphatic heterocycles. The quantitative estimate of drug-likeness (QED) is 0.863. The van der Waals surface area contributed by atoms with Crippen LogP contribution in [0.15, 0.2) is 18.2 Å². The third kappa shape index (κ3) is 2.23. The average molecular weight is 293 g/mol. The molecule has 3 nitrogen and oxygen atoms in total. The monoisotopic (exact) mass is 292 g/mol. The molecule has 4 heteroatoms. The molecule has 1 saturated heterocycles. The fourth-order valence-electron chi connectivity index (χ4n) is 3.45. The van der Waals surface area contributed by atoms with E-state index in [0.29, 0.717) is 0 Å². The summed E-state index contributed by atoms with van der Waals surface area (Å²) >= 11 is 6.36. The Balaban J connectivity index is 1.93. The molecule has 0 spiro atoms. The van der Waals surface area contributed by atoms with Gasteiger partial charge in [0, 0.05) is 34.2 Å². The van der Waals surface area contributed by atoms with Crippen LogP contribution < -0.4 is 10.2 Å². The van der Waals surface area contributed by atoms with Crippen molar-refractivity contribution in [1.29, 1.82) is 0 Å². The average Bonchev–Trinajstić information content (AvgIpc) is 2.72. The summed E-state index contributed by atoms with van der Waals surface area (Å²) < 4.78 is 0. The predicted molar refractivity (Wildman–Crippen MR) is 82.4 cm³/mol. The lowest BCUT2D eigenvalue weighted by Gasteiger charge is -2.28. The van der Waals surface area contributed by atoms with Crippen LogP contribution in [0.1, 0.15) is 32.3 Å². The molecule has 20 heavy (non-hydrogen) atoms. The summed E-state index contributed by atoms with van der Waals surface area (Å²) in [5, 5.41) is 4.08. The van der Waals surface area contributed by atoms with E-state index in [0.717, 1.165) is 48.7 Å². The Morgan fingerprint density at radius 1 is 1.35 bits per heavy atom. The molecule has 0 radical (unpaired) electrons. The van der Waals surface area contributed by atoms with E-state index in [1.165, 1.54) is 0 Å². The van der Waals surface area contributed by atoms with Crippen molar-refractivity contribution in [2.45, 2.75) is 32.1 Å². The van der Waals surface area contributed by atoms with Crippen molar-refractivity contribution in [3.05, 3.63) is 28.8 Å². The van der Waals surface area contributed by atoms with Crippen LogP contribution >= 0.6 is 11.6 Å². The minimum atomic E-state index is -0.0732. The van der Waals surface area contributed by atoms with Gasteiger partial charge in [-0.3, -0.25) is 4.79 Å². The molecule has 1 aromatic rings. The van der Waals surface area contributed by atoms with Gasteiger partial charge in [-0.15, -0.1) is 0 Å². The van der Waals surface area contributed by atoms with Gasteiger partial charge in [-0.2, -0.15) is 0 Å². The summed E-state index contributed by atoms with van der Waals surface area (Å²) in [6, 6.07) is 5.88. The number of rotatable bonds is 1. The topological polar surface area (TPSA) is 32.3 Å². The van der Waals surface area contributed by atoms with Crippen molar-refractivity contribution in [1.82, 2.24) is 5.32 Å². The Morgan fingerprint density at radius 2 is 2.05 bits per heavy atom. The first-order valence-corrected chi connectivity index (χ1v) is 7.69. The summed E-state index contributed by atoms with van der Waals surface area (Å²) in [7, 11) is 0. The van der Waals surface area contributed by atoms with Gasteiger partial charge in [0.05, 0.1) is 0 Å². The highest BCUT2D eigenvalue weighted by molar-refractivity contribution is 6.32. The van der Waals surface area contributed by atoms with E-state index in [2.05, 4.69) is 19.2 Å². The number of hydrogen-bond acceptors (Lipinski definition) is 2. The Kier molecular flexibility index (Phi) is 3.51. The second kappa shape index (κ2) is 5.05. The minimum Gasteiger partial charge on any atom is -0.317 e. The minimum absolute atomic E-state index is 0.0732. The number of amides is 1. The van der Waals surface area contributed by atoms with Gasteiger partial charge in [0.25, 0.3) is 0 Å². The van der Waals surface area contributed by atoms with Crippen LogP contribution in [0.5, 0.6) is 0 Å². The van der Waals surface area contributed by atoms with Crippen LogP contribution in [0.3, 0.4) is 0 Å². The third-order valence-electron chi connectivity index (χ3n) is 4.47. The van der Waals surface area contributed by atoms with Crippen molar-refractivity contribution >= 4 is 23.2 Å². The predicted octanol–water partition coefficient (Wildman–Crippen LogP) is 2.96. The highest BCUT2D eigenvalue weighted by Crippen LogP contribution is 2.45. The fraction of sp³-hybridized carbons (Fsp3) is 0.562. The molecule has 1 amide bonds. The lowest BCUT2D eigenvalue weighted by Crippen LogP contribution is -2.42. The molecule has 0 aliphatic carbocycles. The zero-order chi connectivity index (χ0) is 14.3. The number of benzene rings is 1. The van der Waals surface area contributed by atoms with E-state index < -0.39 is 0 Å². The third-order valence-corrected chi connectivity index (χ3v) is 4.78. The maximum atomic E-state index is 12.8. The molecule has 0 saturated carbocycles. The van der Waals surface area contributed by atoms with Crippen LogP contribution in [-0.2, 0) is 10.2 Å². The molecule has 0 unspecified atom stereocenters. The van der Waals surface area contributed by atoms with Gasteiger partial charge in [0.2, 0.25) is 5.91 Å². The largest absolute Gasteiger partial charge is 0.317 e. The summed E-state index contributed by atoms with van der Waals surface area (Å²) in [4.78, 5) is 14.8. The summed E-state index contributed by atoms with van der Waals surface area (Å²) in [6.07, 6.45) is 1.87. The van der Waals surface area contributed by atoms with Crippen molar-refractivity contribution in [3.63, 3.8) is 0 Å². The molecule has 0 aromatic heterocycles. The summed E-state index contributed by atoms with van der Waals surface area (Å²) in [5.74, 6) is 0.414. The van der Waals surface area contributed by atoms with Crippen LogP contribution in [0.4, 0.5) is 5.69 Å². The van der Waals surface area contributed by atoms with E-state index in [1.54, 1.807) is 0 Å². The molecule has 1 aromatic carbocycles. The normalized spacial score (nSPS) is 21.9. The Hall–Kier alpha value is -1.06. The van der Waals surface area contributed by atoms with Crippen molar-refractivity contribution < 1.29 is 4.79 Å². The number of anilines is 1. The molecular weight excluding hydrogens is 272 g/mol. The second-order valence-electron chi connectivity index (χ2n) is 6.47. The van der Waals surface area contributed by atoms with Crippen LogP contribution in [0.2, 0.25) is 5.02 Å². The molecule has 3 rings (SSSR count). The van der Waals surface area contributed by atoms with Gasteiger partial charge in [0.1, 0.15) is 0 Å². The molecule has 0 atom stereocenters. The molecule has 2 aliphatic rings. The van der Waals surface area contributed by atoms with Gasteiger partial charge in [-0.25, -0.2) is 0 Å². The van der Waals surface area contributed by atoms with E-state index in [-0.39, 0.29) is 17.2 Å². The highest BCUT2D eigenvalue weighted by Gasteiger charge is 2.41. The number of nitrogens with one attached hydrogen (secondary N) is 1. The first kappa shape index (κ1) is 13.9. The Labute approximate surface area is 125 Å². The SMILES string of the molecule is CC1(C)CN(C(=O)C2CCNCC2)c2cccc(Cl)c21. The van der Waals surface area contributed by atoms with Crippen LogP contribution in [0.25, 0.3) is 0 Å². The molecule has 1 fully saturated rings. The van der Waals surface area contributed by atoms with Gasteiger partial charge in [-0.1, -0.05) is 31.5 Å². The first-order chi connectivity index (χ1) is 9.50. The summed E-state index contributed by atoms with van der Waals surface area (Å²) in [6.45, 7) is 6.93. The van der Waals surface area contributed by atoms with E-state index >= 15 is 0 Å². The van der Waals surface area contributed by atoms with Gasteiger partial charge >= 0.3 is 0 Å².